The largest absolute Gasteiger partial charge is 0.449 e. The molecule has 1 unspecified atom stereocenters. The first-order valence-electron chi connectivity index (χ1n) is 9.15. The van der Waals surface area contributed by atoms with Crippen LogP contribution in [-0.2, 0) is 4.74 Å². The Balaban J connectivity index is 1.67. The molecule has 138 valence electrons. The van der Waals surface area contributed by atoms with E-state index in [2.05, 4.69) is 29.6 Å². The summed E-state index contributed by atoms with van der Waals surface area (Å²) in [4.78, 5) is 12.3. The van der Waals surface area contributed by atoms with Crippen LogP contribution in [0.2, 0.25) is 0 Å². The third-order valence-corrected chi connectivity index (χ3v) is 4.95. The number of carbonyl (C=O) groups is 1. The number of carbonyl (C=O) groups excluding carboxylic acids is 1. The Bertz CT molecular complexity index is 739. The highest BCUT2D eigenvalue weighted by Crippen LogP contribution is 2.44. The van der Waals surface area contributed by atoms with Gasteiger partial charge in [-0.25, -0.2) is 4.79 Å². The van der Waals surface area contributed by atoms with E-state index in [0.717, 1.165) is 0 Å². The average molecular weight is 353 g/mol. The third kappa shape index (κ3) is 3.91. The molecule has 0 saturated carbocycles. The fourth-order valence-electron chi connectivity index (χ4n) is 3.90. The molecule has 0 heterocycles. The summed E-state index contributed by atoms with van der Waals surface area (Å²) in [5.41, 5.74) is 4.41. The van der Waals surface area contributed by atoms with Gasteiger partial charge in [-0.05, 0) is 48.4 Å². The van der Waals surface area contributed by atoms with E-state index in [0.29, 0.717) is 13.0 Å². The summed E-state index contributed by atoms with van der Waals surface area (Å²) in [6.45, 7) is 6.27. The molecule has 1 aliphatic carbocycles. The van der Waals surface area contributed by atoms with Gasteiger partial charge < -0.3 is 15.2 Å². The van der Waals surface area contributed by atoms with Crippen molar-refractivity contribution in [2.24, 2.45) is 5.92 Å². The van der Waals surface area contributed by atoms with Crippen LogP contribution >= 0.6 is 0 Å². The molecule has 0 bridgehead atoms. The van der Waals surface area contributed by atoms with E-state index in [1.54, 1.807) is 0 Å². The highest BCUT2D eigenvalue weighted by Gasteiger charge is 2.30. The van der Waals surface area contributed by atoms with E-state index in [1.165, 1.54) is 22.3 Å². The number of amides is 1. The molecule has 2 N–H and O–H groups in total. The van der Waals surface area contributed by atoms with E-state index in [4.69, 9.17) is 4.74 Å². The Morgan fingerprint density at radius 3 is 2.19 bits per heavy atom. The zero-order valence-electron chi connectivity index (χ0n) is 15.7. The van der Waals surface area contributed by atoms with E-state index in [-0.39, 0.29) is 18.4 Å². The minimum Gasteiger partial charge on any atom is -0.449 e. The highest BCUT2D eigenvalue weighted by molar-refractivity contribution is 5.79. The third-order valence-electron chi connectivity index (χ3n) is 4.95. The molecule has 0 fully saturated rings. The first-order chi connectivity index (χ1) is 12.4. The van der Waals surface area contributed by atoms with Crippen molar-refractivity contribution in [3.05, 3.63) is 59.7 Å². The number of nitrogens with one attached hydrogen (secondary N) is 1. The molecule has 1 atom stereocenters. The number of fused-ring (bicyclic) bond motifs is 3. The van der Waals surface area contributed by atoms with Crippen LogP contribution in [0, 0.1) is 5.92 Å². The van der Waals surface area contributed by atoms with Gasteiger partial charge in [-0.3, -0.25) is 0 Å². The summed E-state index contributed by atoms with van der Waals surface area (Å²) in [5, 5.41) is 12.1. The summed E-state index contributed by atoms with van der Waals surface area (Å²) in [5.74, 6) is 0.187. The molecule has 0 aromatic heterocycles. The molecule has 26 heavy (non-hydrogen) atoms. The molecule has 3 rings (SSSR count). The van der Waals surface area contributed by atoms with Gasteiger partial charge in [0.25, 0.3) is 0 Å². The Labute approximate surface area is 155 Å². The molecule has 0 aliphatic heterocycles. The molecule has 1 aliphatic rings. The number of hydrogen-bond donors (Lipinski definition) is 2. The predicted molar refractivity (Wildman–Crippen MR) is 103 cm³/mol. The summed E-state index contributed by atoms with van der Waals surface area (Å²) in [6.07, 6.45) is 0.273. The Hall–Kier alpha value is -2.33. The van der Waals surface area contributed by atoms with Gasteiger partial charge in [0.2, 0.25) is 0 Å². The van der Waals surface area contributed by atoms with Crippen LogP contribution in [-0.4, -0.2) is 30.0 Å². The van der Waals surface area contributed by atoms with Crippen molar-refractivity contribution >= 4 is 6.09 Å². The Morgan fingerprint density at radius 1 is 1.12 bits per heavy atom. The molecule has 4 nitrogen and oxygen atoms in total. The van der Waals surface area contributed by atoms with E-state index >= 15 is 0 Å². The lowest BCUT2D eigenvalue weighted by atomic mass is 9.92. The monoisotopic (exact) mass is 353 g/mol. The zero-order valence-corrected chi connectivity index (χ0v) is 15.7. The molecule has 2 aromatic rings. The summed E-state index contributed by atoms with van der Waals surface area (Å²) >= 11 is 0. The number of rotatable bonds is 6. The summed E-state index contributed by atoms with van der Waals surface area (Å²) in [6, 6.07) is 16.6. The molecule has 2 aromatic carbocycles. The van der Waals surface area contributed by atoms with E-state index in [9.17, 15) is 9.90 Å². The van der Waals surface area contributed by atoms with Crippen LogP contribution < -0.4 is 5.32 Å². The SMILES string of the molecule is CC(CO)CC(C)(C)NC(=O)OCC1c2ccccc2-c2ccccc21. The number of aliphatic hydroxyl groups excluding tert-OH is 1. The second-order valence-electron chi connectivity index (χ2n) is 7.83. The first kappa shape index (κ1) is 18.5. The molecule has 0 spiro atoms. The maximum absolute atomic E-state index is 12.3. The van der Waals surface area contributed by atoms with Gasteiger partial charge in [-0.2, -0.15) is 0 Å². The topological polar surface area (TPSA) is 58.6 Å². The van der Waals surface area contributed by atoms with Gasteiger partial charge in [0.1, 0.15) is 6.61 Å². The molecule has 0 saturated heterocycles. The second kappa shape index (κ2) is 7.50. The fourth-order valence-corrected chi connectivity index (χ4v) is 3.90. The number of alkyl carbamates (subject to hydrolysis) is 1. The normalized spacial score (nSPS) is 14.5. The lowest BCUT2D eigenvalue weighted by Gasteiger charge is -2.28. The molecular weight excluding hydrogens is 326 g/mol. The van der Waals surface area contributed by atoms with Gasteiger partial charge in [0.15, 0.2) is 0 Å². The average Bonchev–Trinajstić information content (AvgIpc) is 2.93. The van der Waals surface area contributed by atoms with Crippen LogP contribution in [0.3, 0.4) is 0 Å². The van der Waals surface area contributed by atoms with Crippen molar-refractivity contribution in [3.8, 4) is 11.1 Å². The minimum absolute atomic E-state index is 0.0626. The molecular formula is C22H27NO3. The maximum atomic E-state index is 12.3. The second-order valence-corrected chi connectivity index (χ2v) is 7.83. The van der Waals surface area contributed by atoms with Crippen molar-refractivity contribution in [2.75, 3.05) is 13.2 Å². The smallest absolute Gasteiger partial charge is 0.407 e. The van der Waals surface area contributed by atoms with Crippen LogP contribution in [0.25, 0.3) is 11.1 Å². The summed E-state index contributed by atoms with van der Waals surface area (Å²) in [7, 11) is 0. The van der Waals surface area contributed by atoms with Crippen molar-refractivity contribution in [1.82, 2.24) is 5.32 Å². The highest BCUT2D eigenvalue weighted by atomic mass is 16.5. The van der Waals surface area contributed by atoms with Gasteiger partial charge in [-0.15, -0.1) is 0 Å². The maximum Gasteiger partial charge on any atom is 0.407 e. The van der Waals surface area contributed by atoms with Crippen molar-refractivity contribution in [2.45, 2.75) is 38.6 Å². The van der Waals surface area contributed by atoms with Gasteiger partial charge in [-0.1, -0.05) is 55.5 Å². The summed E-state index contributed by atoms with van der Waals surface area (Å²) < 4.78 is 5.58. The van der Waals surface area contributed by atoms with Crippen molar-refractivity contribution < 1.29 is 14.6 Å². The van der Waals surface area contributed by atoms with Crippen LogP contribution in [0.15, 0.2) is 48.5 Å². The fraction of sp³-hybridized carbons (Fsp3) is 0.409. The lowest BCUT2D eigenvalue weighted by molar-refractivity contribution is 0.126. The predicted octanol–water partition coefficient (Wildman–Crippen LogP) is 4.32. The minimum atomic E-state index is -0.426. The standard InChI is InChI=1S/C22H27NO3/c1-15(13-24)12-22(2,3)23-21(25)26-14-20-18-10-6-4-8-16(18)17-9-5-7-11-19(17)20/h4-11,15,20,24H,12-14H2,1-3H3,(H,23,25). The van der Waals surface area contributed by atoms with Crippen LogP contribution in [0.4, 0.5) is 4.79 Å². The zero-order chi connectivity index (χ0) is 18.7. The number of benzene rings is 2. The van der Waals surface area contributed by atoms with Crippen molar-refractivity contribution in [1.29, 1.82) is 0 Å². The first-order valence-corrected chi connectivity index (χ1v) is 9.15. The van der Waals surface area contributed by atoms with Crippen LogP contribution in [0.5, 0.6) is 0 Å². The van der Waals surface area contributed by atoms with E-state index in [1.807, 2.05) is 45.0 Å². The quantitative estimate of drug-likeness (QED) is 0.813. The number of aliphatic hydroxyl groups is 1. The Kier molecular flexibility index (Phi) is 5.33. The number of ether oxygens (including phenoxy) is 1. The van der Waals surface area contributed by atoms with Gasteiger partial charge >= 0.3 is 6.09 Å². The van der Waals surface area contributed by atoms with Gasteiger partial charge in [0, 0.05) is 18.1 Å². The molecule has 1 amide bonds. The van der Waals surface area contributed by atoms with Crippen LogP contribution in [0.1, 0.15) is 44.2 Å². The Morgan fingerprint density at radius 2 is 1.65 bits per heavy atom. The molecule has 4 heteroatoms. The molecule has 0 radical (unpaired) electrons. The van der Waals surface area contributed by atoms with Gasteiger partial charge in [0.05, 0.1) is 0 Å². The van der Waals surface area contributed by atoms with Crippen molar-refractivity contribution in [3.63, 3.8) is 0 Å². The number of hydrogen-bond acceptors (Lipinski definition) is 3. The lowest BCUT2D eigenvalue weighted by Crippen LogP contribution is -2.45. The van der Waals surface area contributed by atoms with E-state index < -0.39 is 11.6 Å².